The van der Waals surface area contributed by atoms with Crippen LogP contribution in [-0.2, 0) is 0 Å². The minimum absolute atomic E-state index is 0.106. The van der Waals surface area contributed by atoms with Crippen molar-refractivity contribution >= 4 is 39.1 Å². The highest BCUT2D eigenvalue weighted by Gasteiger charge is 2.22. The maximum atomic E-state index is 12.6. The molecule has 3 rings (SSSR count). The highest BCUT2D eigenvalue weighted by molar-refractivity contribution is 7.16. The first-order valence-electron chi connectivity index (χ1n) is 7.58. The van der Waals surface area contributed by atoms with Gasteiger partial charge in [-0.05, 0) is 31.5 Å². The molecule has 0 aliphatic carbocycles. The summed E-state index contributed by atoms with van der Waals surface area (Å²) in [7, 11) is 1.53. The third-order valence-electron chi connectivity index (χ3n) is 3.95. The summed E-state index contributed by atoms with van der Waals surface area (Å²) in [6, 6.07) is 8.44. The highest BCUT2D eigenvalue weighted by atomic mass is 32.1. The Bertz CT molecular complexity index is 1050. The minimum Gasteiger partial charge on any atom is -0.422 e. The lowest BCUT2D eigenvalue weighted by Gasteiger charge is -2.06. The summed E-state index contributed by atoms with van der Waals surface area (Å²) in [5, 5.41) is 6.29. The van der Waals surface area contributed by atoms with Crippen molar-refractivity contribution in [3.63, 3.8) is 0 Å². The van der Waals surface area contributed by atoms with E-state index in [4.69, 9.17) is 4.42 Å². The Morgan fingerprint density at radius 1 is 1.12 bits per heavy atom. The van der Waals surface area contributed by atoms with Crippen LogP contribution < -0.4 is 16.3 Å². The fourth-order valence-corrected chi connectivity index (χ4v) is 3.56. The van der Waals surface area contributed by atoms with Crippen LogP contribution in [0.3, 0.4) is 0 Å². The summed E-state index contributed by atoms with van der Waals surface area (Å²) < 4.78 is 5.19. The van der Waals surface area contributed by atoms with E-state index in [2.05, 4.69) is 10.6 Å². The van der Waals surface area contributed by atoms with Crippen molar-refractivity contribution < 1.29 is 14.0 Å². The predicted octanol–water partition coefficient (Wildman–Crippen LogP) is 3.08. The van der Waals surface area contributed by atoms with E-state index in [0.29, 0.717) is 21.5 Å². The number of carbonyl (C=O) groups excluding carboxylic acids is 2. The first-order chi connectivity index (χ1) is 11.9. The molecule has 0 aliphatic heterocycles. The van der Waals surface area contributed by atoms with Crippen molar-refractivity contribution in [3.05, 3.63) is 62.3 Å². The molecule has 2 heterocycles. The molecule has 1 aromatic carbocycles. The van der Waals surface area contributed by atoms with Crippen molar-refractivity contribution in [1.82, 2.24) is 5.32 Å². The van der Waals surface area contributed by atoms with Gasteiger partial charge in [0.1, 0.15) is 16.1 Å². The molecule has 0 saturated carbocycles. The number of thiophene rings is 1. The molecule has 6 nitrogen and oxygen atoms in total. The lowest BCUT2D eigenvalue weighted by Crippen LogP contribution is -2.23. The molecule has 0 aliphatic rings. The molecule has 25 heavy (non-hydrogen) atoms. The van der Waals surface area contributed by atoms with Crippen LogP contribution in [0, 0.1) is 13.8 Å². The van der Waals surface area contributed by atoms with Gasteiger partial charge in [0.15, 0.2) is 0 Å². The van der Waals surface area contributed by atoms with Gasteiger partial charge in [-0.15, -0.1) is 11.3 Å². The molecular formula is C18H16N2O4S. The van der Waals surface area contributed by atoms with E-state index in [1.807, 2.05) is 13.8 Å². The van der Waals surface area contributed by atoms with Crippen molar-refractivity contribution in [2.45, 2.75) is 13.8 Å². The van der Waals surface area contributed by atoms with Gasteiger partial charge in [-0.2, -0.15) is 0 Å². The zero-order valence-corrected chi connectivity index (χ0v) is 14.7. The molecule has 3 aromatic rings. The zero-order valence-electron chi connectivity index (χ0n) is 13.9. The molecule has 0 saturated heterocycles. The number of hydrogen-bond acceptors (Lipinski definition) is 5. The van der Waals surface area contributed by atoms with E-state index in [0.717, 1.165) is 10.4 Å². The molecule has 0 fully saturated rings. The Hall–Kier alpha value is -2.93. The van der Waals surface area contributed by atoms with Gasteiger partial charge in [-0.3, -0.25) is 9.59 Å². The average Bonchev–Trinajstić information content (AvgIpc) is 2.87. The van der Waals surface area contributed by atoms with Crippen molar-refractivity contribution in [3.8, 4) is 0 Å². The number of aryl methyl sites for hydroxylation is 1. The highest BCUT2D eigenvalue weighted by Crippen LogP contribution is 2.32. The van der Waals surface area contributed by atoms with Crippen LogP contribution in [-0.4, -0.2) is 18.9 Å². The lowest BCUT2D eigenvalue weighted by atomic mass is 10.1. The van der Waals surface area contributed by atoms with Crippen LogP contribution in [0.5, 0.6) is 0 Å². The van der Waals surface area contributed by atoms with Crippen molar-refractivity contribution in [2.24, 2.45) is 0 Å². The summed E-state index contributed by atoms with van der Waals surface area (Å²) in [5.41, 5.74) is 0.791. The molecule has 2 aromatic heterocycles. The van der Waals surface area contributed by atoms with Gasteiger partial charge < -0.3 is 15.1 Å². The van der Waals surface area contributed by atoms with Crippen LogP contribution in [0.1, 0.15) is 31.2 Å². The number of carbonyl (C=O) groups is 2. The van der Waals surface area contributed by atoms with Gasteiger partial charge in [0.05, 0.1) is 5.56 Å². The number of para-hydroxylation sites is 1. The standard InChI is InChI=1S/C18H16N2O4S/c1-9-10(2)25-17(14(9)16(22)19-3)20-15(21)12-8-11-6-4-5-7-13(11)24-18(12)23/h4-8H,1-3H3,(H,19,22)(H,20,21). The maximum Gasteiger partial charge on any atom is 0.349 e. The Labute approximate surface area is 147 Å². The Kier molecular flexibility index (Phi) is 4.41. The van der Waals surface area contributed by atoms with E-state index in [-0.39, 0.29) is 11.5 Å². The molecule has 0 radical (unpaired) electrons. The van der Waals surface area contributed by atoms with Gasteiger partial charge in [-0.25, -0.2) is 4.79 Å². The summed E-state index contributed by atoms with van der Waals surface area (Å²) in [5.74, 6) is -0.895. The molecule has 0 bridgehead atoms. The summed E-state index contributed by atoms with van der Waals surface area (Å²) >= 11 is 1.29. The van der Waals surface area contributed by atoms with Gasteiger partial charge in [0, 0.05) is 17.3 Å². The van der Waals surface area contributed by atoms with Crippen LogP contribution in [0.2, 0.25) is 0 Å². The van der Waals surface area contributed by atoms with E-state index in [1.165, 1.54) is 24.5 Å². The molecule has 0 atom stereocenters. The second-order valence-electron chi connectivity index (χ2n) is 5.51. The molecule has 2 N–H and O–H groups in total. The first-order valence-corrected chi connectivity index (χ1v) is 8.40. The lowest BCUT2D eigenvalue weighted by molar-refractivity contribution is 0.0963. The number of anilines is 1. The second kappa shape index (κ2) is 6.52. The van der Waals surface area contributed by atoms with Gasteiger partial charge in [0.25, 0.3) is 11.8 Å². The smallest absolute Gasteiger partial charge is 0.349 e. The Balaban J connectivity index is 2.01. The van der Waals surface area contributed by atoms with E-state index in [1.54, 1.807) is 24.3 Å². The molecule has 0 spiro atoms. The molecule has 7 heteroatoms. The van der Waals surface area contributed by atoms with E-state index >= 15 is 0 Å². The minimum atomic E-state index is -0.720. The van der Waals surface area contributed by atoms with Gasteiger partial charge in [0.2, 0.25) is 0 Å². The van der Waals surface area contributed by atoms with E-state index in [9.17, 15) is 14.4 Å². The largest absolute Gasteiger partial charge is 0.422 e. The average molecular weight is 356 g/mol. The topological polar surface area (TPSA) is 88.4 Å². The number of amides is 2. The van der Waals surface area contributed by atoms with Crippen molar-refractivity contribution in [2.75, 3.05) is 12.4 Å². The first kappa shape index (κ1) is 16.9. The van der Waals surface area contributed by atoms with Gasteiger partial charge in [-0.1, -0.05) is 18.2 Å². The summed E-state index contributed by atoms with van der Waals surface area (Å²) in [4.78, 5) is 37.7. The van der Waals surface area contributed by atoms with Crippen molar-refractivity contribution in [1.29, 1.82) is 0 Å². The number of benzene rings is 1. The molecule has 0 unspecified atom stereocenters. The van der Waals surface area contributed by atoms with Crippen LogP contribution >= 0.6 is 11.3 Å². The Morgan fingerprint density at radius 2 is 1.84 bits per heavy atom. The number of hydrogen-bond donors (Lipinski definition) is 2. The van der Waals surface area contributed by atoms with Crippen LogP contribution in [0.4, 0.5) is 5.00 Å². The second-order valence-corrected chi connectivity index (χ2v) is 6.73. The number of fused-ring (bicyclic) bond motifs is 1. The quantitative estimate of drug-likeness (QED) is 0.706. The van der Waals surface area contributed by atoms with Crippen LogP contribution in [0.25, 0.3) is 11.0 Å². The monoisotopic (exact) mass is 356 g/mol. The fourth-order valence-electron chi connectivity index (χ4n) is 2.50. The maximum absolute atomic E-state index is 12.6. The Morgan fingerprint density at radius 3 is 2.56 bits per heavy atom. The number of rotatable bonds is 3. The molecular weight excluding hydrogens is 340 g/mol. The van der Waals surface area contributed by atoms with Gasteiger partial charge >= 0.3 is 5.63 Å². The third-order valence-corrected chi connectivity index (χ3v) is 5.08. The number of nitrogens with one attached hydrogen (secondary N) is 2. The molecule has 128 valence electrons. The van der Waals surface area contributed by atoms with E-state index < -0.39 is 11.5 Å². The fraction of sp³-hybridized carbons (Fsp3) is 0.167. The SMILES string of the molecule is CNC(=O)c1c(NC(=O)c2cc3ccccc3oc2=O)sc(C)c1C. The van der Waals surface area contributed by atoms with Crippen LogP contribution in [0.15, 0.2) is 39.5 Å². The third kappa shape index (κ3) is 3.06. The normalized spacial score (nSPS) is 10.7. The molecule has 2 amide bonds. The summed E-state index contributed by atoms with van der Waals surface area (Å²) in [6.45, 7) is 3.68. The zero-order chi connectivity index (χ0) is 18.1. The summed E-state index contributed by atoms with van der Waals surface area (Å²) in [6.07, 6.45) is 0. The predicted molar refractivity (Wildman–Crippen MR) is 97.6 cm³/mol.